The zero-order valence-corrected chi connectivity index (χ0v) is 19.9. The summed E-state index contributed by atoms with van der Waals surface area (Å²) in [6.07, 6.45) is 0. The molecule has 0 fully saturated rings. The van der Waals surface area contributed by atoms with Gasteiger partial charge >= 0.3 is 6.85 Å². The van der Waals surface area contributed by atoms with Gasteiger partial charge in [0.2, 0.25) is 0 Å². The SMILES string of the molecule is Cc1ccc2c3c1-c1ccccc1N(c1ccccc1)B3c1ccc3ccc4cccc5c4c3c1n5-2. The third-order valence-electron chi connectivity index (χ3n) is 8.44. The summed E-state index contributed by atoms with van der Waals surface area (Å²) in [6, 6.07) is 40.5. The molecule has 0 saturated carbocycles. The average Bonchev–Trinajstić information content (AvgIpc) is 3.29. The van der Waals surface area contributed by atoms with Gasteiger partial charge in [0.25, 0.3) is 0 Å². The number of nitrogens with zero attached hydrogens (tertiary/aromatic N) is 2. The van der Waals surface area contributed by atoms with Crippen LogP contribution in [0.25, 0.3) is 49.4 Å². The monoisotopic (exact) mass is 456 g/mol. The van der Waals surface area contributed by atoms with E-state index in [0.29, 0.717) is 0 Å². The summed E-state index contributed by atoms with van der Waals surface area (Å²) in [7, 11) is 0. The van der Waals surface area contributed by atoms with E-state index in [-0.39, 0.29) is 6.85 Å². The summed E-state index contributed by atoms with van der Waals surface area (Å²) in [4.78, 5) is 2.57. The number of anilines is 2. The molecule has 166 valence electrons. The zero-order valence-electron chi connectivity index (χ0n) is 19.9. The van der Waals surface area contributed by atoms with Gasteiger partial charge in [-0.05, 0) is 70.1 Å². The molecule has 1 aromatic heterocycles. The molecule has 0 unspecified atom stereocenters. The molecule has 2 aliphatic rings. The molecule has 0 bridgehead atoms. The highest BCUT2D eigenvalue weighted by Gasteiger charge is 2.44. The van der Waals surface area contributed by atoms with Gasteiger partial charge in [-0.2, -0.15) is 0 Å². The summed E-state index contributed by atoms with van der Waals surface area (Å²) in [6.45, 7) is 2.37. The molecular formula is C33H21BN2. The molecule has 2 nitrogen and oxygen atoms in total. The summed E-state index contributed by atoms with van der Waals surface area (Å²) in [5.41, 5.74) is 13.3. The number of fused-ring (bicyclic) bond motifs is 5. The first kappa shape index (κ1) is 18.8. The van der Waals surface area contributed by atoms with Gasteiger partial charge < -0.3 is 9.38 Å². The van der Waals surface area contributed by atoms with Gasteiger partial charge in [0, 0.05) is 33.4 Å². The van der Waals surface area contributed by atoms with Gasteiger partial charge in [0.1, 0.15) is 0 Å². The molecule has 0 amide bonds. The minimum Gasteiger partial charge on any atom is -0.376 e. The van der Waals surface area contributed by atoms with Crippen LogP contribution in [-0.2, 0) is 0 Å². The predicted molar refractivity (Wildman–Crippen MR) is 153 cm³/mol. The van der Waals surface area contributed by atoms with E-state index in [4.69, 9.17) is 0 Å². The van der Waals surface area contributed by atoms with Crippen LogP contribution in [0.3, 0.4) is 0 Å². The summed E-state index contributed by atoms with van der Waals surface area (Å²) in [5.74, 6) is 0. The number of hydrogen-bond donors (Lipinski definition) is 0. The first-order valence-corrected chi connectivity index (χ1v) is 12.7. The first-order chi connectivity index (χ1) is 17.8. The number of aryl methyl sites for hydroxylation is 1. The molecule has 0 atom stereocenters. The number of benzene rings is 6. The van der Waals surface area contributed by atoms with Crippen molar-refractivity contribution in [2.45, 2.75) is 6.92 Å². The van der Waals surface area contributed by atoms with Gasteiger partial charge in [-0.3, -0.25) is 0 Å². The van der Waals surface area contributed by atoms with Crippen molar-refractivity contribution < 1.29 is 0 Å². The average molecular weight is 456 g/mol. The fraction of sp³-hybridized carbons (Fsp3) is 0.0303. The maximum atomic E-state index is 2.57. The Kier molecular flexibility index (Phi) is 3.33. The molecule has 0 aliphatic carbocycles. The maximum absolute atomic E-state index is 2.57. The van der Waals surface area contributed by atoms with Crippen molar-refractivity contribution in [3.8, 4) is 16.8 Å². The van der Waals surface area contributed by atoms with Crippen molar-refractivity contribution in [2.24, 2.45) is 0 Å². The van der Waals surface area contributed by atoms with Gasteiger partial charge in [-0.1, -0.05) is 78.9 Å². The first-order valence-electron chi connectivity index (χ1n) is 12.7. The molecule has 7 aromatic rings. The number of rotatable bonds is 1. The van der Waals surface area contributed by atoms with Gasteiger partial charge in [-0.25, -0.2) is 0 Å². The molecule has 9 rings (SSSR count). The highest BCUT2D eigenvalue weighted by Crippen LogP contribution is 2.46. The Balaban J connectivity index is 1.54. The molecule has 3 heterocycles. The van der Waals surface area contributed by atoms with Crippen LogP contribution in [0, 0.1) is 6.92 Å². The summed E-state index contributed by atoms with van der Waals surface area (Å²) >= 11 is 0. The predicted octanol–water partition coefficient (Wildman–Crippen LogP) is 6.92. The van der Waals surface area contributed by atoms with Crippen LogP contribution < -0.4 is 15.7 Å². The normalized spacial score (nSPS) is 13.6. The second-order valence-corrected chi connectivity index (χ2v) is 10.2. The molecule has 6 aromatic carbocycles. The molecule has 0 spiro atoms. The number of aromatic nitrogens is 1. The molecule has 0 radical (unpaired) electrons. The Labute approximate surface area is 209 Å². The summed E-state index contributed by atoms with van der Waals surface area (Å²) < 4.78 is 2.55. The Morgan fingerprint density at radius 3 is 2.28 bits per heavy atom. The van der Waals surface area contributed by atoms with Crippen molar-refractivity contribution in [1.82, 2.24) is 4.57 Å². The molecule has 2 aliphatic heterocycles. The van der Waals surface area contributed by atoms with Gasteiger partial charge in [0.15, 0.2) is 0 Å². The van der Waals surface area contributed by atoms with Crippen molar-refractivity contribution >= 4 is 61.7 Å². The standard InChI is InChI=1S/C33H21BN2/c1-20-14-19-28-32-29(20)24-11-5-6-12-26(24)36(23-9-3-2-4-10-23)34(32)25-18-17-22-16-15-21-8-7-13-27-30(21)31(22)33(25)35(27)28/h2-19H,1H3. The zero-order chi connectivity index (χ0) is 23.5. The second-order valence-electron chi connectivity index (χ2n) is 10.2. The minimum atomic E-state index is 0.104. The van der Waals surface area contributed by atoms with Crippen LogP contribution in [0.1, 0.15) is 5.56 Å². The molecule has 0 N–H and O–H groups in total. The van der Waals surface area contributed by atoms with E-state index in [9.17, 15) is 0 Å². The van der Waals surface area contributed by atoms with Crippen LogP contribution in [0.5, 0.6) is 0 Å². The van der Waals surface area contributed by atoms with E-state index in [0.717, 1.165) is 0 Å². The van der Waals surface area contributed by atoms with Crippen LogP contribution in [0.15, 0.2) is 109 Å². The van der Waals surface area contributed by atoms with E-state index >= 15 is 0 Å². The Morgan fingerprint density at radius 1 is 0.611 bits per heavy atom. The fourth-order valence-corrected chi connectivity index (χ4v) is 7.07. The highest BCUT2D eigenvalue weighted by molar-refractivity contribution is 6.93. The van der Waals surface area contributed by atoms with E-state index in [2.05, 4.69) is 125 Å². The highest BCUT2D eigenvalue weighted by atomic mass is 15.1. The van der Waals surface area contributed by atoms with Crippen molar-refractivity contribution in [1.29, 1.82) is 0 Å². The van der Waals surface area contributed by atoms with Gasteiger partial charge in [0.05, 0.1) is 11.0 Å². The molecule has 3 heteroatoms. The fourth-order valence-electron chi connectivity index (χ4n) is 7.07. The minimum absolute atomic E-state index is 0.104. The third kappa shape index (κ3) is 2.07. The van der Waals surface area contributed by atoms with Crippen molar-refractivity contribution in [2.75, 3.05) is 4.81 Å². The van der Waals surface area contributed by atoms with Crippen LogP contribution >= 0.6 is 0 Å². The van der Waals surface area contributed by atoms with Crippen molar-refractivity contribution in [3.05, 3.63) is 115 Å². The van der Waals surface area contributed by atoms with E-state index < -0.39 is 0 Å². The largest absolute Gasteiger partial charge is 0.376 e. The molecular weight excluding hydrogens is 435 g/mol. The van der Waals surface area contributed by atoms with E-state index in [1.807, 2.05) is 0 Å². The lowest BCUT2D eigenvalue weighted by molar-refractivity contribution is 1.18. The second kappa shape index (κ2) is 6.38. The third-order valence-corrected chi connectivity index (χ3v) is 8.44. The van der Waals surface area contributed by atoms with Crippen LogP contribution in [0.4, 0.5) is 11.4 Å². The summed E-state index contributed by atoms with van der Waals surface area (Å²) in [5, 5.41) is 5.39. The van der Waals surface area contributed by atoms with Crippen LogP contribution in [-0.4, -0.2) is 11.4 Å². The van der Waals surface area contributed by atoms with E-state index in [1.165, 1.54) is 77.3 Å². The maximum Gasteiger partial charge on any atom is 0.333 e. The lowest BCUT2D eigenvalue weighted by atomic mass is 9.43. The Morgan fingerprint density at radius 2 is 1.39 bits per heavy atom. The quantitative estimate of drug-likeness (QED) is 0.192. The molecule has 0 saturated heterocycles. The topological polar surface area (TPSA) is 8.17 Å². The smallest absolute Gasteiger partial charge is 0.333 e. The van der Waals surface area contributed by atoms with Crippen molar-refractivity contribution in [3.63, 3.8) is 0 Å². The lowest BCUT2D eigenvalue weighted by Crippen LogP contribution is -2.60. The van der Waals surface area contributed by atoms with Crippen LogP contribution in [0.2, 0.25) is 0 Å². The Bertz CT molecular complexity index is 2020. The lowest BCUT2D eigenvalue weighted by Gasteiger charge is -2.42. The van der Waals surface area contributed by atoms with E-state index in [1.54, 1.807) is 0 Å². The number of hydrogen-bond acceptors (Lipinski definition) is 1. The molecule has 36 heavy (non-hydrogen) atoms. The number of para-hydroxylation sites is 2. The Hall–Kier alpha value is -4.50. The van der Waals surface area contributed by atoms with Gasteiger partial charge in [-0.15, -0.1) is 0 Å².